The third-order valence-electron chi connectivity index (χ3n) is 3.25. The first-order chi connectivity index (χ1) is 11.3. The Morgan fingerprint density at radius 3 is 2.87 bits per heavy atom. The summed E-state index contributed by atoms with van der Waals surface area (Å²) in [6.45, 7) is 0. The van der Waals surface area contributed by atoms with Crippen LogP contribution in [0, 0.1) is 0 Å². The molecular weight excluding hydrogens is 310 g/mol. The fourth-order valence-electron chi connectivity index (χ4n) is 2.08. The molecule has 1 aromatic carbocycles. The first kappa shape index (κ1) is 15.6. The van der Waals surface area contributed by atoms with Crippen molar-refractivity contribution in [2.45, 2.75) is 17.7 Å². The summed E-state index contributed by atoms with van der Waals surface area (Å²) in [6.07, 6.45) is 5.18. The van der Waals surface area contributed by atoms with Gasteiger partial charge < -0.3 is 9.26 Å². The standard InChI is InChI=1S/C17H17N3O2S/c1-21-14-4-2-5-15(12-14)23-11-3-6-16-19-17(20-22-16)13-7-9-18-10-8-13/h2,4-5,7-10,12H,3,6,11H2,1H3. The van der Waals surface area contributed by atoms with Gasteiger partial charge >= 0.3 is 0 Å². The maximum Gasteiger partial charge on any atom is 0.226 e. The molecule has 0 spiro atoms. The summed E-state index contributed by atoms with van der Waals surface area (Å²) in [7, 11) is 1.68. The fourth-order valence-corrected chi connectivity index (χ4v) is 2.98. The number of rotatable bonds is 7. The SMILES string of the molecule is COc1cccc(SCCCc2nc(-c3ccncc3)no2)c1. The summed E-state index contributed by atoms with van der Waals surface area (Å²) in [4.78, 5) is 9.60. The van der Waals surface area contributed by atoms with Crippen LogP contribution < -0.4 is 4.74 Å². The first-order valence-corrected chi connectivity index (χ1v) is 8.33. The molecule has 0 saturated heterocycles. The lowest BCUT2D eigenvalue weighted by molar-refractivity contribution is 0.378. The zero-order valence-electron chi connectivity index (χ0n) is 12.8. The molecule has 0 fully saturated rings. The van der Waals surface area contributed by atoms with Gasteiger partial charge in [-0.3, -0.25) is 4.98 Å². The average Bonchev–Trinajstić information content (AvgIpc) is 3.09. The summed E-state index contributed by atoms with van der Waals surface area (Å²) in [5.41, 5.74) is 0.917. The molecule has 0 saturated carbocycles. The molecule has 0 bridgehead atoms. The largest absolute Gasteiger partial charge is 0.497 e. The number of pyridine rings is 1. The van der Waals surface area contributed by atoms with E-state index in [4.69, 9.17) is 9.26 Å². The summed E-state index contributed by atoms with van der Waals surface area (Å²) in [6, 6.07) is 11.8. The number of ether oxygens (including phenoxy) is 1. The van der Waals surface area contributed by atoms with E-state index in [1.54, 1.807) is 31.3 Å². The van der Waals surface area contributed by atoms with E-state index in [-0.39, 0.29) is 0 Å². The van der Waals surface area contributed by atoms with Crippen molar-refractivity contribution in [3.8, 4) is 17.1 Å². The lowest BCUT2D eigenvalue weighted by atomic mass is 10.2. The zero-order chi connectivity index (χ0) is 15.9. The van der Waals surface area contributed by atoms with E-state index in [1.165, 1.54) is 4.90 Å². The van der Waals surface area contributed by atoms with Crippen molar-refractivity contribution < 1.29 is 9.26 Å². The highest BCUT2D eigenvalue weighted by Crippen LogP contribution is 2.24. The Kier molecular flexibility index (Phi) is 5.26. The summed E-state index contributed by atoms with van der Waals surface area (Å²) in [5, 5.41) is 4.01. The van der Waals surface area contributed by atoms with Gasteiger partial charge in [-0.2, -0.15) is 4.98 Å². The van der Waals surface area contributed by atoms with Crippen LogP contribution in [0.3, 0.4) is 0 Å². The van der Waals surface area contributed by atoms with Crippen LogP contribution in [0.5, 0.6) is 5.75 Å². The Bertz CT molecular complexity index is 746. The predicted octanol–water partition coefficient (Wildman–Crippen LogP) is 3.87. The summed E-state index contributed by atoms with van der Waals surface area (Å²) < 4.78 is 10.5. The predicted molar refractivity (Wildman–Crippen MR) is 89.6 cm³/mol. The number of methoxy groups -OCH3 is 1. The molecule has 2 heterocycles. The molecule has 0 aliphatic rings. The van der Waals surface area contributed by atoms with Crippen LogP contribution in [-0.4, -0.2) is 28.0 Å². The van der Waals surface area contributed by atoms with Gasteiger partial charge in [0.15, 0.2) is 0 Å². The van der Waals surface area contributed by atoms with E-state index in [1.807, 2.05) is 30.3 Å². The van der Waals surface area contributed by atoms with Gasteiger partial charge in [-0.1, -0.05) is 11.2 Å². The van der Waals surface area contributed by atoms with Crippen molar-refractivity contribution >= 4 is 11.8 Å². The molecule has 23 heavy (non-hydrogen) atoms. The van der Waals surface area contributed by atoms with Gasteiger partial charge in [0.25, 0.3) is 0 Å². The van der Waals surface area contributed by atoms with Gasteiger partial charge in [-0.25, -0.2) is 0 Å². The molecule has 0 N–H and O–H groups in total. The van der Waals surface area contributed by atoms with Crippen molar-refractivity contribution in [2.24, 2.45) is 0 Å². The van der Waals surface area contributed by atoms with E-state index in [9.17, 15) is 0 Å². The van der Waals surface area contributed by atoms with Crippen LogP contribution in [-0.2, 0) is 6.42 Å². The minimum atomic E-state index is 0.614. The van der Waals surface area contributed by atoms with Crippen LogP contribution in [0.2, 0.25) is 0 Å². The second-order valence-corrected chi connectivity index (χ2v) is 6.05. The van der Waals surface area contributed by atoms with Gasteiger partial charge in [0.2, 0.25) is 11.7 Å². The molecular formula is C17H17N3O2S. The smallest absolute Gasteiger partial charge is 0.226 e. The van der Waals surface area contributed by atoms with Crippen LogP contribution >= 0.6 is 11.8 Å². The molecule has 2 aromatic heterocycles. The topological polar surface area (TPSA) is 61.0 Å². The number of hydrogen-bond acceptors (Lipinski definition) is 6. The molecule has 6 heteroatoms. The summed E-state index contributed by atoms with van der Waals surface area (Å²) >= 11 is 1.79. The van der Waals surface area contributed by atoms with E-state index in [0.717, 1.165) is 29.9 Å². The molecule has 3 rings (SSSR count). The van der Waals surface area contributed by atoms with E-state index in [0.29, 0.717) is 11.7 Å². The zero-order valence-corrected chi connectivity index (χ0v) is 13.6. The molecule has 0 unspecified atom stereocenters. The second-order valence-electron chi connectivity index (χ2n) is 4.88. The molecule has 0 atom stereocenters. The quantitative estimate of drug-likeness (QED) is 0.485. The van der Waals surface area contributed by atoms with E-state index in [2.05, 4.69) is 21.2 Å². The number of hydrogen-bond donors (Lipinski definition) is 0. The maximum absolute atomic E-state index is 5.30. The van der Waals surface area contributed by atoms with Gasteiger partial charge in [0.05, 0.1) is 7.11 Å². The number of aryl methyl sites for hydroxylation is 1. The molecule has 3 aromatic rings. The second kappa shape index (κ2) is 7.78. The van der Waals surface area contributed by atoms with Crippen molar-refractivity contribution in [2.75, 3.05) is 12.9 Å². The minimum Gasteiger partial charge on any atom is -0.497 e. The van der Waals surface area contributed by atoms with Gasteiger partial charge in [-0.15, -0.1) is 11.8 Å². The van der Waals surface area contributed by atoms with Crippen LogP contribution in [0.15, 0.2) is 58.2 Å². The number of nitrogens with zero attached hydrogens (tertiary/aromatic N) is 3. The van der Waals surface area contributed by atoms with Gasteiger partial charge in [0.1, 0.15) is 5.75 Å². The van der Waals surface area contributed by atoms with Crippen LogP contribution in [0.4, 0.5) is 0 Å². The van der Waals surface area contributed by atoms with E-state index >= 15 is 0 Å². The lowest BCUT2D eigenvalue weighted by Crippen LogP contribution is -1.89. The normalized spacial score (nSPS) is 10.7. The van der Waals surface area contributed by atoms with Gasteiger partial charge in [-0.05, 0) is 42.5 Å². The molecule has 0 aliphatic carbocycles. The maximum atomic E-state index is 5.30. The Hall–Kier alpha value is -2.34. The minimum absolute atomic E-state index is 0.614. The number of aromatic nitrogens is 3. The monoisotopic (exact) mass is 327 g/mol. The highest BCUT2D eigenvalue weighted by molar-refractivity contribution is 7.99. The van der Waals surface area contributed by atoms with Crippen LogP contribution in [0.1, 0.15) is 12.3 Å². The lowest BCUT2D eigenvalue weighted by Gasteiger charge is -2.03. The Balaban J connectivity index is 1.48. The van der Waals surface area contributed by atoms with E-state index < -0.39 is 0 Å². The first-order valence-electron chi connectivity index (χ1n) is 7.35. The third kappa shape index (κ3) is 4.32. The van der Waals surface area contributed by atoms with Crippen molar-refractivity contribution in [3.05, 3.63) is 54.7 Å². The van der Waals surface area contributed by atoms with Crippen LogP contribution in [0.25, 0.3) is 11.4 Å². The third-order valence-corrected chi connectivity index (χ3v) is 4.33. The Morgan fingerprint density at radius 1 is 1.17 bits per heavy atom. The molecule has 0 aliphatic heterocycles. The van der Waals surface area contributed by atoms with Crippen molar-refractivity contribution in [3.63, 3.8) is 0 Å². The fraction of sp³-hybridized carbons (Fsp3) is 0.235. The average molecular weight is 327 g/mol. The Labute approximate surface area is 139 Å². The van der Waals surface area contributed by atoms with Gasteiger partial charge in [0, 0.05) is 29.3 Å². The summed E-state index contributed by atoms with van der Waals surface area (Å²) in [5.74, 6) is 3.15. The number of thioether (sulfide) groups is 1. The highest BCUT2D eigenvalue weighted by Gasteiger charge is 2.08. The Morgan fingerprint density at radius 2 is 2.04 bits per heavy atom. The highest BCUT2D eigenvalue weighted by atomic mass is 32.2. The molecule has 0 radical (unpaired) electrons. The van der Waals surface area contributed by atoms with Crippen molar-refractivity contribution in [1.29, 1.82) is 0 Å². The molecule has 5 nitrogen and oxygen atoms in total. The molecule has 0 amide bonds. The molecule has 118 valence electrons. The number of benzene rings is 1. The van der Waals surface area contributed by atoms with Crippen molar-refractivity contribution in [1.82, 2.24) is 15.1 Å².